The van der Waals surface area contributed by atoms with E-state index in [0.29, 0.717) is 31.6 Å². The normalized spacial score (nSPS) is 14.3. The molecule has 0 atom stereocenters. The van der Waals surface area contributed by atoms with Crippen molar-refractivity contribution >= 4 is 17.5 Å². The molecule has 0 spiro atoms. The Morgan fingerprint density at radius 2 is 1.61 bits per heavy atom. The highest BCUT2D eigenvalue weighted by Crippen LogP contribution is 2.28. The van der Waals surface area contributed by atoms with Gasteiger partial charge >= 0.3 is 0 Å². The van der Waals surface area contributed by atoms with Crippen molar-refractivity contribution in [1.82, 2.24) is 10.2 Å². The molecule has 1 N–H and O–H groups in total. The summed E-state index contributed by atoms with van der Waals surface area (Å²) in [5, 5.41) is 2.86. The zero-order valence-corrected chi connectivity index (χ0v) is 19.0. The summed E-state index contributed by atoms with van der Waals surface area (Å²) in [7, 11) is 1.67. The number of rotatable bonds is 6. The van der Waals surface area contributed by atoms with Crippen LogP contribution in [0.25, 0.3) is 0 Å². The van der Waals surface area contributed by atoms with Gasteiger partial charge in [0, 0.05) is 44.7 Å². The first kappa shape index (κ1) is 22.7. The predicted octanol–water partition coefficient (Wildman–Crippen LogP) is 3.46. The van der Waals surface area contributed by atoms with Crippen LogP contribution < -0.4 is 15.0 Å². The average Bonchev–Trinajstić information content (AvgIpc) is 2.78. The molecule has 6 nitrogen and oxygen atoms in total. The minimum atomic E-state index is -0.144. The third-order valence-electron chi connectivity index (χ3n) is 5.70. The Balaban J connectivity index is 1.44. The summed E-state index contributed by atoms with van der Waals surface area (Å²) >= 11 is 0. The molecule has 0 aromatic heterocycles. The van der Waals surface area contributed by atoms with Gasteiger partial charge in [-0.3, -0.25) is 9.59 Å². The lowest BCUT2D eigenvalue weighted by atomic mass is 9.87. The maximum Gasteiger partial charge on any atom is 0.251 e. The molecular formula is C25H33N3O3. The Morgan fingerprint density at radius 3 is 2.23 bits per heavy atom. The second kappa shape index (κ2) is 9.86. The van der Waals surface area contributed by atoms with Crippen molar-refractivity contribution < 1.29 is 14.3 Å². The van der Waals surface area contributed by atoms with Gasteiger partial charge in [-0.05, 0) is 35.2 Å². The van der Waals surface area contributed by atoms with E-state index in [1.165, 1.54) is 5.56 Å². The van der Waals surface area contributed by atoms with Crippen LogP contribution in [0.4, 0.5) is 5.69 Å². The van der Waals surface area contributed by atoms with Gasteiger partial charge in [0.25, 0.3) is 5.91 Å². The predicted molar refractivity (Wildman–Crippen MR) is 124 cm³/mol. The fourth-order valence-corrected chi connectivity index (χ4v) is 3.75. The number of anilines is 1. The fraction of sp³-hybridized carbons (Fsp3) is 0.440. The molecule has 1 fully saturated rings. The number of ether oxygens (including phenoxy) is 1. The summed E-state index contributed by atoms with van der Waals surface area (Å²) in [6.45, 7) is 9.62. The zero-order valence-electron chi connectivity index (χ0n) is 19.0. The number of hydrogen-bond acceptors (Lipinski definition) is 4. The van der Waals surface area contributed by atoms with Gasteiger partial charge in [0.05, 0.1) is 12.8 Å². The summed E-state index contributed by atoms with van der Waals surface area (Å²) in [5.41, 5.74) is 2.91. The van der Waals surface area contributed by atoms with Crippen LogP contribution in [0.1, 0.15) is 43.1 Å². The maximum atomic E-state index is 12.6. The topological polar surface area (TPSA) is 61.9 Å². The van der Waals surface area contributed by atoms with E-state index >= 15 is 0 Å². The van der Waals surface area contributed by atoms with Crippen molar-refractivity contribution in [2.24, 2.45) is 0 Å². The van der Waals surface area contributed by atoms with Crippen LogP contribution in [0.2, 0.25) is 0 Å². The Bertz CT molecular complexity index is 895. The number of carbonyl (C=O) groups is 2. The molecule has 1 aliphatic heterocycles. The molecule has 1 saturated heterocycles. The lowest BCUT2D eigenvalue weighted by molar-refractivity contribution is -0.131. The quantitative estimate of drug-likeness (QED) is 0.773. The standard InChI is InChI=1S/C25H33N3O3/c1-25(2,3)20-11-9-19(10-12-20)24(30)26-14-13-23(29)28-17-15-27(16-18-28)21-7-5-6-8-22(21)31-4/h5-12H,13-18H2,1-4H3,(H,26,30). The van der Waals surface area contributed by atoms with Crippen molar-refractivity contribution in [2.75, 3.05) is 44.7 Å². The monoisotopic (exact) mass is 423 g/mol. The maximum absolute atomic E-state index is 12.6. The molecule has 1 aliphatic rings. The molecule has 2 aromatic rings. The number of piperazine rings is 1. The van der Waals surface area contributed by atoms with E-state index < -0.39 is 0 Å². The van der Waals surface area contributed by atoms with E-state index in [-0.39, 0.29) is 17.2 Å². The molecule has 1 heterocycles. The number of methoxy groups -OCH3 is 1. The minimum absolute atomic E-state index is 0.0527. The molecule has 3 rings (SSSR count). The highest BCUT2D eigenvalue weighted by Gasteiger charge is 2.22. The number of hydrogen-bond donors (Lipinski definition) is 1. The van der Waals surface area contributed by atoms with Crippen molar-refractivity contribution in [3.8, 4) is 5.75 Å². The van der Waals surface area contributed by atoms with Gasteiger partial charge in [0.2, 0.25) is 5.91 Å². The van der Waals surface area contributed by atoms with Gasteiger partial charge in [-0.15, -0.1) is 0 Å². The Kier molecular flexibility index (Phi) is 7.21. The SMILES string of the molecule is COc1ccccc1N1CCN(C(=O)CCNC(=O)c2ccc(C(C)(C)C)cc2)CC1. The van der Waals surface area contributed by atoms with Crippen molar-refractivity contribution in [2.45, 2.75) is 32.6 Å². The van der Waals surface area contributed by atoms with Crippen LogP contribution in [0, 0.1) is 0 Å². The van der Waals surface area contributed by atoms with Gasteiger partial charge in [0.15, 0.2) is 0 Å². The van der Waals surface area contributed by atoms with Crippen LogP contribution in [0.15, 0.2) is 48.5 Å². The molecule has 2 amide bonds. The second-order valence-electron chi connectivity index (χ2n) is 8.87. The number of para-hydroxylation sites is 2. The summed E-state index contributed by atoms with van der Waals surface area (Å²) in [6.07, 6.45) is 0.306. The summed E-state index contributed by atoms with van der Waals surface area (Å²) in [6, 6.07) is 15.6. The minimum Gasteiger partial charge on any atom is -0.495 e. The number of nitrogens with one attached hydrogen (secondary N) is 1. The van der Waals surface area contributed by atoms with Crippen LogP contribution in [-0.4, -0.2) is 56.5 Å². The fourth-order valence-electron chi connectivity index (χ4n) is 3.75. The molecule has 0 unspecified atom stereocenters. The Hall–Kier alpha value is -3.02. The molecule has 6 heteroatoms. The van der Waals surface area contributed by atoms with Crippen LogP contribution >= 0.6 is 0 Å². The van der Waals surface area contributed by atoms with Crippen molar-refractivity contribution in [3.05, 3.63) is 59.7 Å². The number of benzene rings is 2. The van der Waals surface area contributed by atoms with E-state index in [2.05, 4.69) is 31.0 Å². The third kappa shape index (κ3) is 5.78. The van der Waals surface area contributed by atoms with E-state index in [4.69, 9.17) is 4.74 Å². The summed E-state index contributed by atoms with van der Waals surface area (Å²) in [4.78, 5) is 29.1. The van der Waals surface area contributed by atoms with Crippen LogP contribution in [0.5, 0.6) is 5.75 Å². The van der Waals surface area contributed by atoms with Gasteiger partial charge < -0.3 is 19.9 Å². The molecule has 0 radical (unpaired) electrons. The Labute approximate surface area is 185 Å². The van der Waals surface area contributed by atoms with E-state index in [0.717, 1.165) is 24.5 Å². The first-order chi connectivity index (χ1) is 14.8. The molecule has 0 saturated carbocycles. The van der Waals surface area contributed by atoms with Gasteiger partial charge in [-0.1, -0.05) is 45.0 Å². The van der Waals surface area contributed by atoms with Gasteiger partial charge in [-0.2, -0.15) is 0 Å². The highest BCUT2D eigenvalue weighted by atomic mass is 16.5. The van der Waals surface area contributed by atoms with Gasteiger partial charge in [0.1, 0.15) is 5.75 Å². The van der Waals surface area contributed by atoms with Gasteiger partial charge in [-0.25, -0.2) is 0 Å². The number of carbonyl (C=O) groups excluding carboxylic acids is 2. The molecule has 0 aliphatic carbocycles. The van der Waals surface area contributed by atoms with Crippen molar-refractivity contribution in [1.29, 1.82) is 0 Å². The molecule has 166 valence electrons. The van der Waals surface area contributed by atoms with Crippen LogP contribution in [0.3, 0.4) is 0 Å². The van der Waals surface area contributed by atoms with Crippen molar-refractivity contribution in [3.63, 3.8) is 0 Å². The highest BCUT2D eigenvalue weighted by molar-refractivity contribution is 5.94. The summed E-state index contributed by atoms with van der Waals surface area (Å²) in [5.74, 6) is 0.776. The van der Waals surface area contributed by atoms with E-state index in [1.54, 1.807) is 7.11 Å². The first-order valence-corrected chi connectivity index (χ1v) is 10.8. The lowest BCUT2D eigenvalue weighted by Crippen LogP contribution is -2.49. The van der Waals surface area contributed by atoms with E-state index in [9.17, 15) is 9.59 Å². The molecular weight excluding hydrogens is 390 g/mol. The second-order valence-corrected chi connectivity index (χ2v) is 8.87. The zero-order chi connectivity index (χ0) is 22.4. The first-order valence-electron chi connectivity index (χ1n) is 10.8. The largest absolute Gasteiger partial charge is 0.495 e. The number of nitrogens with zero attached hydrogens (tertiary/aromatic N) is 2. The van der Waals surface area contributed by atoms with Crippen LogP contribution in [-0.2, 0) is 10.2 Å². The summed E-state index contributed by atoms with van der Waals surface area (Å²) < 4.78 is 5.45. The molecule has 2 aromatic carbocycles. The smallest absolute Gasteiger partial charge is 0.251 e. The third-order valence-corrected chi connectivity index (χ3v) is 5.70. The molecule has 0 bridgehead atoms. The average molecular weight is 424 g/mol. The van der Waals surface area contributed by atoms with E-state index in [1.807, 2.05) is 53.4 Å². The molecule has 31 heavy (non-hydrogen) atoms. The Morgan fingerprint density at radius 1 is 0.968 bits per heavy atom. The number of amides is 2. The lowest BCUT2D eigenvalue weighted by Gasteiger charge is -2.36.